The van der Waals surface area contributed by atoms with Crippen LogP contribution in [0.25, 0.3) is 10.9 Å². The number of Topliss-reactive ketones (excluding diaryl/α,β-unsaturated/α-hetero) is 1. The summed E-state index contributed by atoms with van der Waals surface area (Å²) in [7, 11) is 0. The van der Waals surface area contributed by atoms with E-state index in [2.05, 4.69) is 17.6 Å². The van der Waals surface area contributed by atoms with Crippen molar-refractivity contribution in [1.82, 2.24) is 4.57 Å². The Morgan fingerprint density at radius 3 is 2.69 bits per heavy atom. The minimum atomic E-state index is 0.255. The fourth-order valence-electron chi connectivity index (χ4n) is 2.09. The molecule has 0 spiro atoms. The molecule has 2 heteroatoms. The number of carbonyl (C=O) groups is 1. The van der Waals surface area contributed by atoms with Gasteiger partial charge in [-0.3, -0.25) is 4.79 Å². The molecule has 0 aliphatic rings. The smallest absolute Gasteiger partial charge is 0.165 e. The van der Waals surface area contributed by atoms with Crippen LogP contribution in [-0.2, 0) is 6.54 Å². The van der Waals surface area contributed by atoms with E-state index >= 15 is 0 Å². The maximum absolute atomic E-state index is 12.0. The molecule has 0 aliphatic carbocycles. The molecule has 0 saturated heterocycles. The lowest BCUT2D eigenvalue weighted by Gasteiger charge is -1.97. The van der Waals surface area contributed by atoms with Gasteiger partial charge in [0.05, 0.1) is 0 Å². The second-order valence-corrected chi connectivity index (χ2v) is 4.02. The van der Waals surface area contributed by atoms with Crippen LogP contribution in [0.5, 0.6) is 0 Å². The number of nitrogens with zero attached hydrogens (tertiary/aromatic N) is 1. The van der Waals surface area contributed by atoms with E-state index in [0.717, 1.165) is 29.4 Å². The van der Waals surface area contributed by atoms with Gasteiger partial charge in [-0.15, -0.1) is 0 Å². The molecule has 2 aromatic rings. The molecule has 0 saturated carbocycles. The molecule has 2 rings (SSSR count). The highest BCUT2D eigenvalue weighted by Gasteiger charge is 2.12. The summed E-state index contributed by atoms with van der Waals surface area (Å²) in [5, 5.41) is 1.09. The fourth-order valence-corrected chi connectivity index (χ4v) is 2.09. The highest BCUT2D eigenvalue weighted by Crippen LogP contribution is 2.22. The minimum absolute atomic E-state index is 0.255. The Morgan fingerprint density at radius 1 is 1.25 bits per heavy atom. The van der Waals surface area contributed by atoms with Gasteiger partial charge in [-0.1, -0.05) is 25.1 Å². The number of hydrogen-bond acceptors (Lipinski definition) is 1. The SMILES string of the molecule is CCCC(=O)c1cn(CC)c2ccccc12. The Kier molecular flexibility index (Phi) is 3.09. The number of rotatable bonds is 4. The normalized spacial score (nSPS) is 10.9. The Morgan fingerprint density at radius 2 is 2.00 bits per heavy atom. The van der Waals surface area contributed by atoms with Crippen molar-refractivity contribution in [1.29, 1.82) is 0 Å². The lowest BCUT2D eigenvalue weighted by molar-refractivity contribution is 0.0983. The van der Waals surface area contributed by atoms with E-state index in [1.807, 2.05) is 31.3 Å². The first-order valence-electron chi connectivity index (χ1n) is 5.89. The van der Waals surface area contributed by atoms with Gasteiger partial charge in [0.15, 0.2) is 5.78 Å². The van der Waals surface area contributed by atoms with E-state index in [-0.39, 0.29) is 5.78 Å². The van der Waals surface area contributed by atoms with Gasteiger partial charge in [-0.05, 0) is 19.4 Å². The number of hydrogen-bond donors (Lipinski definition) is 0. The predicted molar refractivity (Wildman–Crippen MR) is 66.9 cm³/mol. The van der Waals surface area contributed by atoms with E-state index in [0.29, 0.717) is 6.42 Å². The number of aryl methyl sites for hydroxylation is 1. The van der Waals surface area contributed by atoms with Crippen LogP contribution in [0.1, 0.15) is 37.0 Å². The molecular formula is C14H17NO. The van der Waals surface area contributed by atoms with E-state index in [9.17, 15) is 4.79 Å². The van der Waals surface area contributed by atoms with Gasteiger partial charge in [0, 0.05) is 35.6 Å². The fraction of sp³-hybridized carbons (Fsp3) is 0.357. The van der Waals surface area contributed by atoms with Crippen molar-refractivity contribution < 1.29 is 4.79 Å². The summed E-state index contributed by atoms with van der Waals surface area (Å²) in [6, 6.07) is 8.11. The maximum atomic E-state index is 12.0. The number of benzene rings is 1. The third-order valence-corrected chi connectivity index (χ3v) is 2.91. The van der Waals surface area contributed by atoms with Crippen LogP contribution >= 0.6 is 0 Å². The third kappa shape index (κ3) is 1.75. The minimum Gasteiger partial charge on any atom is -0.347 e. The lowest BCUT2D eigenvalue weighted by atomic mass is 10.1. The Bertz CT molecular complexity index is 510. The molecule has 1 aromatic heterocycles. The number of para-hydroxylation sites is 1. The summed E-state index contributed by atoms with van der Waals surface area (Å²) in [4.78, 5) is 12.0. The molecule has 0 unspecified atom stereocenters. The van der Waals surface area contributed by atoms with Gasteiger partial charge in [0.25, 0.3) is 0 Å². The van der Waals surface area contributed by atoms with Gasteiger partial charge >= 0.3 is 0 Å². The monoisotopic (exact) mass is 215 g/mol. The van der Waals surface area contributed by atoms with Gasteiger partial charge in [-0.25, -0.2) is 0 Å². The average Bonchev–Trinajstić information content (AvgIpc) is 2.68. The van der Waals surface area contributed by atoms with Gasteiger partial charge in [-0.2, -0.15) is 0 Å². The first-order chi connectivity index (χ1) is 7.77. The van der Waals surface area contributed by atoms with Crippen molar-refractivity contribution in [3.8, 4) is 0 Å². The number of fused-ring (bicyclic) bond motifs is 1. The lowest BCUT2D eigenvalue weighted by Crippen LogP contribution is -1.97. The summed E-state index contributed by atoms with van der Waals surface area (Å²) in [6.45, 7) is 5.04. The van der Waals surface area contributed by atoms with Crippen molar-refractivity contribution in [2.24, 2.45) is 0 Å². The van der Waals surface area contributed by atoms with Crippen LogP contribution in [0.4, 0.5) is 0 Å². The molecule has 2 nitrogen and oxygen atoms in total. The summed E-state index contributed by atoms with van der Waals surface area (Å²) < 4.78 is 2.14. The predicted octanol–water partition coefficient (Wildman–Crippen LogP) is 3.64. The van der Waals surface area contributed by atoms with Crippen molar-refractivity contribution in [2.75, 3.05) is 0 Å². The van der Waals surface area contributed by atoms with Crippen LogP contribution in [0.3, 0.4) is 0 Å². The second kappa shape index (κ2) is 4.52. The van der Waals surface area contributed by atoms with Gasteiger partial charge < -0.3 is 4.57 Å². The molecule has 16 heavy (non-hydrogen) atoms. The third-order valence-electron chi connectivity index (χ3n) is 2.91. The van der Waals surface area contributed by atoms with Crippen LogP contribution < -0.4 is 0 Å². The van der Waals surface area contributed by atoms with Crippen molar-refractivity contribution in [3.05, 3.63) is 36.0 Å². The molecule has 0 atom stereocenters. The van der Waals surface area contributed by atoms with Gasteiger partial charge in [0.1, 0.15) is 0 Å². The highest BCUT2D eigenvalue weighted by molar-refractivity contribution is 6.08. The molecule has 0 bridgehead atoms. The molecule has 1 aromatic carbocycles. The first kappa shape index (κ1) is 10.9. The highest BCUT2D eigenvalue weighted by atomic mass is 16.1. The van der Waals surface area contributed by atoms with Crippen LogP contribution in [0.2, 0.25) is 0 Å². The topological polar surface area (TPSA) is 22.0 Å². The Labute approximate surface area is 95.9 Å². The first-order valence-corrected chi connectivity index (χ1v) is 5.89. The summed E-state index contributed by atoms with van der Waals surface area (Å²) in [5.74, 6) is 0.255. The Balaban J connectivity index is 2.57. The number of ketones is 1. The van der Waals surface area contributed by atoms with E-state index < -0.39 is 0 Å². The summed E-state index contributed by atoms with van der Waals surface area (Å²) in [6.07, 6.45) is 3.53. The number of carbonyl (C=O) groups excluding carboxylic acids is 1. The average molecular weight is 215 g/mol. The van der Waals surface area contributed by atoms with E-state index in [1.54, 1.807) is 0 Å². The zero-order valence-electron chi connectivity index (χ0n) is 9.86. The van der Waals surface area contributed by atoms with Crippen molar-refractivity contribution in [3.63, 3.8) is 0 Å². The molecule has 0 aliphatic heterocycles. The van der Waals surface area contributed by atoms with Gasteiger partial charge in [0.2, 0.25) is 0 Å². The van der Waals surface area contributed by atoms with Crippen LogP contribution in [0, 0.1) is 0 Å². The maximum Gasteiger partial charge on any atom is 0.165 e. The van der Waals surface area contributed by atoms with E-state index in [4.69, 9.17) is 0 Å². The molecular weight excluding hydrogens is 198 g/mol. The number of aromatic nitrogens is 1. The molecule has 0 amide bonds. The zero-order chi connectivity index (χ0) is 11.5. The molecule has 84 valence electrons. The van der Waals surface area contributed by atoms with Crippen molar-refractivity contribution >= 4 is 16.7 Å². The molecule has 0 N–H and O–H groups in total. The molecule has 0 radical (unpaired) electrons. The van der Waals surface area contributed by atoms with Crippen LogP contribution in [0.15, 0.2) is 30.5 Å². The van der Waals surface area contributed by atoms with Crippen molar-refractivity contribution in [2.45, 2.75) is 33.2 Å². The quantitative estimate of drug-likeness (QED) is 0.714. The molecule has 1 heterocycles. The zero-order valence-corrected chi connectivity index (χ0v) is 9.86. The second-order valence-electron chi connectivity index (χ2n) is 4.02. The Hall–Kier alpha value is -1.57. The standard InChI is InChI=1S/C14H17NO/c1-3-7-14(16)12-10-15(4-2)13-9-6-5-8-11(12)13/h5-6,8-10H,3-4,7H2,1-2H3. The molecule has 0 fully saturated rings. The largest absolute Gasteiger partial charge is 0.347 e. The van der Waals surface area contributed by atoms with Crippen LogP contribution in [-0.4, -0.2) is 10.4 Å². The summed E-state index contributed by atoms with van der Waals surface area (Å²) >= 11 is 0. The van der Waals surface area contributed by atoms with E-state index in [1.165, 1.54) is 0 Å². The summed E-state index contributed by atoms with van der Waals surface area (Å²) in [5.41, 5.74) is 2.03.